The maximum Gasteiger partial charge on any atom is 0.223 e. The van der Waals surface area contributed by atoms with Crippen LogP contribution in [0.5, 0.6) is 5.75 Å². The Kier molecular flexibility index (Phi) is 5.34. The van der Waals surface area contributed by atoms with Gasteiger partial charge in [0.1, 0.15) is 11.6 Å². The summed E-state index contributed by atoms with van der Waals surface area (Å²) in [4.78, 5) is 14.3. The molecular formula is C20H22FNO3. The van der Waals surface area contributed by atoms with E-state index in [2.05, 4.69) is 0 Å². The summed E-state index contributed by atoms with van der Waals surface area (Å²) in [5.41, 5.74) is 1.78. The highest BCUT2D eigenvalue weighted by molar-refractivity contribution is 5.77. The number of hydrogen-bond donors (Lipinski definition) is 1. The summed E-state index contributed by atoms with van der Waals surface area (Å²) >= 11 is 0. The van der Waals surface area contributed by atoms with E-state index in [4.69, 9.17) is 4.74 Å². The van der Waals surface area contributed by atoms with E-state index >= 15 is 0 Å². The lowest BCUT2D eigenvalue weighted by molar-refractivity contribution is -0.132. The first-order valence-corrected chi connectivity index (χ1v) is 8.42. The number of hydrogen-bond acceptors (Lipinski definition) is 3. The number of aryl methyl sites for hydroxylation is 1. The summed E-state index contributed by atoms with van der Waals surface area (Å²) in [5.74, 6) is 0.426. The van der Waals surface area contributed by atoms with E-state index in [1.54, 1.807) is 24.1 Å². The van der Waals surface area contributed by atoms with Crippen molar-refractivity contribution in [3.05, 3.63) is 65.5 Å². The quantitative estimate of drug-likeness (QED) is 0.908. The molecule has 25 heavy (non-hydrogen) atoms. The average molecular weight is 343 g/mol. The van der Waals surface area contributed by atoms with E-state index in [0.29, 0.717) is 25.8 Å². The van der Waals surface area contributed by atoms with Crippen molar-refractivity contribution in [1.82, 2.24) is 4.90 Å². The molecule has 2 aromatic carbocycles. The van der Waals surface area contributed by atoms with Crippen molar-refractivity contribution in [2.24, 2.45) is 0 Å². The van der Waals surface area contributed by atoms with Gasteiger partial charge in [0.25, 0.3) is 0 Å². The molecule has 0 saturated carbocycles. The van der Waals surface area contributed by atoms with Gasteiger partial charge in [-0.15, -0.1) is 0 Å². The van der Waals surface area contributed by atoms with Crippen LogP contribution in [0.4, 0.5) is 4.39 Å². The summed E-state index contributed by atoms with van der Waals surface area (Å²) in [5, 5.41) is 9.99. The number of rotatable bonds is 5. The first-order chi connectivity index (χ1) is 12.1. The van der Waals surface area contributed by atoms with Gasteiger partial charge in [0.15, 0.2) is 0 Å². The number of likely N-dealkylation sites (tertiary alicyclic amines) is 1. The predicted molar refractivity (Wildman–Crippen MR) is 92.8 cm³/mol. The number of nitrogens with zero attached hydrogens (tertiary/aromatic N) is 1. The zero-order chi connectivity index (χ0) is 17.8. The molecule has 0 aliphatic carbocycles. The molecule has 132 valence electrons. The normalized spacial score (nSPS) is 19.9. The number of methoxy groups -OCH3 is 1. The highest BCUT2D eigenvalue weighted by Gasteiger charge is 2.35. The molecule has 0 radical (unpaired) electrons. The van der Waals surface area contributed by atoms with Crippen molar-refractivity contribution in [3.8, 4) is 5.75 Å². The minimum atomic E-state index is -0.571. The van der Waals surface area contributed by atoms with Crippen molar-refractivity contribution in [2.45, 2.75) is 31.4 Å². The van der Waals surface area contributed by atoms with E-state index in [1.165, 1.54) is 12.1 Å². The van der Waals surface area contributed by atoms with Gasteiger partial charge in [-0.1, -0.05) is 24.3 Å². The fourth-order valence-corrected chi connectivity index (χ4v) is 3.31. The molecule has 5 heteroatoms. The van der Waals surface area contributed by atoms with Crippen LogP contribution in [-0.2, 0) is 11.2 Å². The third-order valence-corrected chi connectivity index (χ3v) is 4.62. The number of amides is 1. The fraction of sp³-hybridized carbons (Fsp3) is 0.350. The van der Waals surface area contributed by atoms with Crippen molar-refractivity contribution >= 4 is 5.91 Å². The molecule has 1 aliphatic heterocycles. The summed E-state index contributed by atoms with van der Waals surface area (Å²) in [6.45, 7) is 0.294. The Morgan fingerprint density at radius 3 is 2.72 bits per heavy atom. The second-order valence-corrected chi connectivity index (χ2v) is 6.35. The second-order valence-electron chi connectivity index (χ2n) is 6.35. The Bertz CT molecular complexity index is 732. The van der Waals surface area contributed by atoms with Crippen molar-refractivity contribution in [3.63, 3.8) is 0 Å². The van der Waals surface area contributed by atoms with Crippen LogP contribution in [0.3, 0.4) is 0 Å². The lowest BCUT2D eigenvalue weighted by Crippen LogP contribution is -2.32. The summed E-state index contributed by atoms with van der Waals surface area (Å²) in [6.07, 6.45) is 0.839. The van der Waals surface area contributed by atoms with E-state index in [-0.39, 0.29) is 17.8 Å². The highest BCUT2D eigenvalue weighted by atomic mass is 19.1. The minimum absolute atomic E-state index is 0.0263. The summed E-state index contributed by atoms with van der Waals surface area (Å²) < 4.78 is 18.6. The van der Waals surface area contributed by atoms with Crippen LogP contribution in [-0.4, -0.2) is 35.7 Å². The van der Waals surface area contributed by atoms with Gasteiger partial charge < -0.3 is 14.7 Å². The van der Waals surface area contributed by atoms with Gasteiger partial charge in [-0.05, 0) is 48.2 Å². The van der Waals surface area contributed by atoms with Crippen LogP contribution >= 0.6 is 0 Å². The molecular weight excluding hydrogens is 321 g/mol. The molecule has 1 amide bonds. The first-order valence-electron chi connectivity index (χ1n) is 8.42. The van der Waals surface area contributed by atoms with Gasteiger partial charge >= 0.3 is 0 Å². The zero-order valence-corrected chi connectivity index (χ0v) is 14.2. The van der Waals surface area contributed by atoms with Crippen LogP contribution < -0.4 is 4.74 Å². The Hall–Kier alpha value is -2.40. The molecule has 3 rings (SSSR count). The molecule has 0 spiro atoms. The Morgan fingerprint density at radius 2 is 2.04 bits per heavy atom. The molecule has 1 saturated heterocycles. The number of aliphatic hydroxyl groups is 1. The monoisotopic (exact) mass is 343 g/mol. The number of β-amino-alcohol motifs (C(OH)–C–C–N with tert-alkyl or cyclic N) is 1. The van der Waals surface area contributed by atoms with E-state index < -0.39 is 6.10 Å². The van der Waals surface area contributed by atoms with Crippen molar-refractivity contribution < 1.29 is 19.0 Å². The number of carbonyl (C=O) groups excluding carboxylic acids is 1. The molecule has 1 N–H and O–H groups in total. The summed E-state index contributed by atoms with van der Waals surface area (Å²) in [6, 6.07) is 13.6. The molecule has 2 aromatic rings. The van der Waals surface area contributed by atoms with Gasteiger partial charge in [0, 0.05) is 13.0 Å². The Morgan fingerprint density at radius 1 is 1.28 bits per heavy atom. The third-order valence-electron chi connectivity index (χ3n) is 4.62. The van der Waals surface area contributed by atoms with Crippen LogP contribution in [0.25, 0.3) is 0 Å². The number of ether oxygens (including phenoxy) is 1. The van der Waals surface area contributed by atoms with Crippen LogP contribution in [0.15, 0.2) is 48.5 Å². The molecule has 0 unspecified atom stereocenters. The lowest BCUT2D eigenvalue weighted by atomic mass is 10.0. The topological polar surface area (TPSA) is 49.8 Å². The van der Waals surface area contributed by atoms with Gasteiger partial charge in [0.05, 0.1) is 19.3 Å². The number of halogens is 1. The number of benzene rings is 2. The molecule has 0 bridgehead atoms. The first kappa shape index (κ1) is 17.4. The van der Waals surface area contributed by atoms with Gasteiger partial charge in [-0.2, -0.15) is 0 Å². The standard InChI is InChI=1S/C20H22FNO3/c1-25-18-8-5-14(6-9-18)7-10-20(24)22-13-17(23)12-19(22)15-3-2-4-16(21)11-15/h2-6,8-9,11,17,19,23H,7,10,12-13H2,1H3/t17-,19+/m1/s1. The van der Waals surface area contributed by atoms with Crippen molar-refractivity contribution in [1.29, 1.82) is 0 Å². The largest absolute Gasteiger partial charge is 0.497 e. The molecule has 2 atom stereocenters. The SMILES string of the molecule is COc1ccc(CCC(=O)N2C[C@H](O)C[C@H]2c2cccc(F)c2)cc1. The zero-order valence-electron chi connectivity index (χ0n) is 14.2. The molecule has 1 heterocycles. The third kappa shape index (κ3) is 4.17. The number of aliphatic hydroxyl groups excluding tert-OH is 1. The Balaban J connectivity index is 1.66. The van der Waals surface area contributed by atoms with E-state index in [9.17, 15) is 14.3 Å². The molecule has 4 nitrogen and oxygen atoms in total. The molecule has 1 fully saturated rings. The smallest absolute Gasteiger partial charge is 0.223 e. The van der Waals surface area contributed by atoms with Gasteiger partial charge in [-0.25, -0.2) is 4.39 Å². The van der Waals surface area contributed by atoms with E-state index in [0.717, 1.165) is 16.9 Å². The average Bonchev–Trinajstić information content (AvgIpc) is 3.02. The van der Waals surface area contributed by atoms with Gasteiger partial charge in [-0.3, -0.25) is 4.79 Å². The fourth-order valence-electron chi connectivity index (χ4n) is 3.31. The van der Waals surface area contributed by atoms with Crippen molar-refractivity contribution in [2.75, 3.05) is 13.7 Å². The van der Waals surface area contributed by atoms with Crippen LogP contribution in [0.1, 0.15) is 30.0 Å². The van der Waals surface area contributed by atoms with Crippen LogP contribution in [0.2, 0.25) is 0 Å². The predicted octanol–water partition coefficient (Wildman–Crippen LogP) is 3.10. The maximum atomic E-state index is 13.5. The highest BCUT2D eigenvalue weighted by Crippen LogP contribution is 2.33. The Labute approximate surface area is 146 Å². The van der Waals surface area contributed by atoms with Gasteiger partial charge in [0.2, 0.25) is 5.91 Å². The lowest BCUT2D eigenvalue weighted by Gasteiger charge is -2.25. The molecule has 0 aromatic heterocycles. The molecule has 1 aliphatic rings. The summed E-state index contributed by atoms with van der Waals surface area (Å²) in [7, 11) is 1.61. The second kappa shape index (κ2) is 7.66. The van der Waals surface area contributed by atoms with E-state index in [1.807, 2.05) is 24.3 Å². The minimum Gasteiger partial charge on any atom is -0.497 e. The number of carbonyl (C=O) groups is 1. The maximum absolute atomic E-state index is 13.5. The van der Waals surface area contributed by atoms with Crippen LogP contribution in [0, 0.1) is 5.82 Å².